The van der Waals surface area contributed by atoms with Crippen molar-refractivity contribution >= 4 is 0 Å². The van der Waals surface area contributed by atoms with Gasteiger partial charge >= 0.3 is 0 Å². The fourth-order valence-corrected chi connectivity index (χ4v) is 1.73. The molecule has 86 valence electrons. The van der Waals surface area contributed by atoms with Gasteiger partial charge in [-0.2, -0.15) is 5.10 Å². The number of aromatic nitrogens is 2. The van der Waals surface area contributed by atoms with E-state index in [2.05, 4.69) is 31.2 Å². The zero-order chi connectivity index (χ0) is 11.5. The van der Waals surface area contributed by atoms with Crippen molar-refractivity contribution in [3.05, 3.63) is 18.0 Å². The lowest BCUT2D eigenvalue weighted by atomic mass is 9.97. The average molecular weight is 211 g/mol. The third-order valence-electron chi connectivity index (χ3n) is 2.45. The largest absolute Gasteiger partial charge is 0.383 e. The summed E-state index contributed by atoms with van der Waals surface area (Å²) in [6.07, 6.45) is 3.93. The monoisotopic (exact) mass is 211 g/mol. The first-order chi connectivity index (χ1) is 6.95. The van der Waals surface area contributed by atoms with Crippen molar-refractivity contribution in [2.24, 2.45) is 7.05 Å². The van der Waals surface area contributed by atoms with E-state index in [0.29, 0.717) is 12.6 Å². The first-order valence-electron chi connectivity index (χ1n) is 5.21. The van der Waals surface area contributed by atoms with Gasteiger partial charge in [0.2, 0.25) is 0 Å². The zero-order valence-corrected chi connectivity index (χ0v) is 10.2. The number of hydrogen-bond acceptors (Lipinski definition) is 3. The van der Waals surface area contributed by atoms with Crippen LogP contribution in [0.5, 0.6) is 0 Å². The minimum atomic E-state index is -0.0772. The standard InChI is InChI=1S/C11H21N3O/c1-9(8-15-5)13-11(2,3)10-6-12-14(4)7-10/h6-7,9,13H,8H2,1-5H3. The van der Waals surface area contributed by atoms with Crippen molar-refractivity contribution in [1.29, 1.82) is 0 Å². The van der Waals surface area contributed by atoms with Gasteiger partial charge in [0.25, 0.3) is 0 Å². The molecule has 0 radical (unpaired) electrons. The summed E-state index contributed by atoms with van der Waals surface area (Å²) in [6, 6.07) is 0.324. The van der Waals surface area contributed by atoms with Crippen molar-refractivity contribution in [3.8, 4) is 0 Å². The second kappa shape index (κ2) is 4.77. The molecule has 0 saturated carbocycles. The predicted molar refractivity (Wildman–Crippen MR) is 60.7 cm³/mol. The Bertz CT molecular complexity index is 307. The van der Waals surface area contributed by atoms with E-state index in [-0.39, 0.29) is 5.54 Å². The number of nitrogens with one attached hydrogen (secondary N) is 1. The molecule has 4 heteroatoms. The summed E-state index contributed by atoms with van der Waals surface area (Å²) in [5.74, 6) is 0. The third-order valence-corrected chi connectivity index (χ3v) is 2.45. The molecule has 1 rings (SSSR count). The van der Waals surface area contributed by atoms with E-state index < -0.39 is 0 Å². The van der Waals surface area contributed by atoms with Gasteiger partial charge in [-0.05, 0) is 20.8 Å². The Hall–Kier alpha value is -0.870. The summed E-state index contributed by atoms with van der Waals surface area (Å²) in [5.41, 5.74) is 1.11. The van der Waals surface area contributed by atoms with Gasteiger partial charge in [-0.1, -0.05) is 0 Å². The van der Waals surface area contributed by atoms with Crippen LogP contribution in [0.1, 0.15) is 26.3 Å². The summed E-state index contributed by atoms with van der Waals surface area (Å²) in [6.45, 7) is 7.12. The van der Waals surface area contributed by atoms with E-state index in [0.717, 1.165) is 0 Å². The molecule has 0 aliphatic heterocycles. The fourth-order valence-electron chi connectivity index (χ4n) is 1.73. The van der Waals surface area contributed by atoms with Crippen LogP contribution in [0.2, 0.25) is 0 Å². The van der Waals surface area contributed by atoms with Gasteiger partial charge in [-0.3, -0.25) is 4.68 Å². The third kappa shape index (κ3) is 3.32. The number of ether oxygens (including phenoxy) is 1. The van der Waals surface area contributed by atoms with Gasteiger partial charge in [-0.25, -0.2) is 0 Å². The van der Waals surface area contributed by atoms with E-state index >= 15 is 0 Å². The van der Waals surface area contributed by atoms with Crippen molar-refractivity contribution in [2.75, 3.05) is 13.7 Å². The number of nitrogens with zero attached hydrogens (tertiary/aromatic N) is 2. The highest BCUT2D eigenvalue weighted by molar-refractivity contribution is 5.15. The van der Waals surface area contributed by atoms with Crippen LogP contribution in [0, 0.1) is 0 Å². The Morgan fingerprint density at radius 1 is 1.60 bits per heavy atom. The van der Waals surface area contributed by atoms with Crippen LogP contribution in [0.15, 0.2) is 12.4 Å². The molecule has 0 aromatic carbocycles. The molecule has 0 aliphatic rings. The quantitative estimate of drug-likeness (QED) is 0.797. The maximum absolute atomic E-state index is 5.11. The van der Waals surface area contributed by atoms with Gasteiger partial charge in [0.1, 0.15) is 0 Å². The second-order valence-electron chi connectivity index (χ2n) is 4.53. The lowest BCUT2D eigenvalue weighted by molar-refractivity contribution is 0.156. The maximum atomic E-state index is 5.11. The van der Waals surface area contributed by atoms with Crippen molar-refractivity contribution < 1.29 is 4.74 Å². The van der Waals surface area contributed by atoms with E-state index in [9.17, 15) is 0 Å². The highest BCUT2D eigenvalue weighted by atomic mass is 16.5. The molecule has 1 N–H and O–H groups in total. The van der Waals surface area contributed by atoms with E-state index in [1.165, 1.54) is 5.56 Å². The smallest absolute Gasteiger partial charge is 0.0613 e. The van der Waals surface area contributed by atoms with Crippen molar-refractivity contribution in [1.82, 2.24) is 15.1 Å². The normalized spacial score (nSPS) is 14.2. The lowest BCUT2D eigenvalue weighted by Gasteiger charge is -2.29. The predicted octanol–water partition coefficient (Wildman–Crippen LogP) is 1.28. The minimum absolute atomic E-state index is 0.0772. The molecule has 0 amide bonds. The molecule has 1 atom stereocenters. The van der Waals surface area contributed by atoms with Gasteiger partial charge < -0.3 is 10.1 Å². The molecule has 1 heterocycles. The Labute approximate surface area is 91.6 Å². The van der Waals surface area contributed by atoms with Crippen LogP contribution < -0.4 is 5.32 Å². The molecule has 0 fully saturated rings. The molecule has 0 bridgehead atoms. The lowest BCUT2D eigenvalue weighted by Crippen LogP contribution is -2.44. The first-order valence-corrected chi connectivity index (χ1v) is 5.21. The Morgan fingerprint density at radius 3 is 2.73 bits per heavy atom. The summed E-state index contributed by atoms with van der Waals surface area (Å²) in [7, 11) is 3.65. The van der Waals surface area contributed by atoms with Gasteiger partial charge in [0.05, 0.1) is 12.8 Å². The highest BCUT2D eigenvalue weighted by Gasteiger charge is 2.23. The van der Waals surface area contributed by atoms with Crippen LogP contribution in [0.25, 0.3) is 0 Å². The Morgan fingerprint density at radius 2 is 2.27 bits per heavy atom. The van der Waals surface area contributed by atoms with E-state index in [4.69, 9.17) is 4.74 Å². The highest BCUT2D eigenvalue weighted by Crippen LogP contribution is 2.19. The van der Waals surface area contributed by atoms with E-state index in [1.54, 1.807) is 7.11 Å². The summed E-state index contributed by atoms with van der Waals surface area (Å²) in [5, 5.41) is 7.69. The Balaban J connectivity index is 2.66. The number of aryl methyl sites for hydroxylation is 1. The average Bonchev–Trinajstić information content (AvgIpc) is 2.51. The van der Waals surface area contributed by atoms with Crippen LogP contribution in [-0.4, -0.2) is 29.5 Å². The topological polar surface area (TPSA) is 39.1 Å². The minimum Gasteiger partial charge on any atom is -0.383 e. The summed E-state index contributed by atoms with van der Waals surface area (Å²) in [4.78, 5) is 0. The molecule has 0 aliphatic carbocycles. The molecular weight excluding hydrogens is 190 g/mol. The molecule has 1 aromatic heterocycles. The number of rotatable bonds is 5. The molecule has 1 aromatic rings. The SMILES string of the molecule is COCC(C)NC(C)(C)c1cnn(C)c1. The fraction of sp³-hybridized carbons (Fsp3) is 0.727. The molecule has 4 nitrogen and oxygen atoms in total. The molecule has 15 heavy (non-hydrogen) atoms. The van der Waals surface area contributed by atoms with Crippen LogP contribution in [-0.2, 0) is 17.3 Å². The maximum Gasteiger partial charge on any atom is 0.0613 e. The van der Waals surface area contributed by atoms with Gasteiger partial charge in [-0.15, -0.1) is 0 Å². The number of methoxy groups -OCH3 is 1. The van der Waals surface area contributed by atoms with Crippen LogP contribution in [0.4, 0.5) is 0 Å². The van der Waals surface area contributed by atoms with Crippen LogP contribution >= 0.6 is 0 Å². The second-order valence-corrected chi connectivity index (χ2v) is 4.53. The summed E-state index contributed by atoms with van der Waals surface area (Å²) < 4.78 is 6.93. The molecule has 1 unspecified atom stereocenters. The van der Waals surface area contributed by atoms with Crippen LogP contribution in [0.3, 0.4) is 0 Å². The molecule has 0 saturated heterocycles. The van der Waals surface area contributed by atoms with Gasteiger partial charge in [0, 0.05) is 37.5 Å². The zero-order valence-electron chi connectivity index (χ0n) is 10.2. The number of hydrogen-bond donors (Lipinski definition) is 1. The van der Waals surface area contributed by atoms with E-state index in [1.807, 2.05) is 24.1 Å². The van der Waals surface area contributed by atoms with Crippen molar-refractivity contribution in [2.45, 2.75) is 32.4 Å². The first kappa shape index (κ1) is 12.2. The van der Waals surface area contributed by atoms with Gasteiger partial charge in [0.15, 0.2) is 0 Å². The van der Waals surface area contributed by atoms with Crippen molar-refractivity contribution in [3.63, 3.8) is 0 Å². The summed E-state index contributed by atoms with van der Waals surface area (Å²) >= 11 is 0. The Kier molecular flexibility index (Phi) is 3.88. The molecule has 0 spiro atoms. The molecular formula is C11H21N3O.